The SMILES string of the molecule is O=C1CC(CBr)CN1c1cc(-c2ccccc2)[nH]n1. The van der Waals surface area contributed by atoms with Gasteiger partial charge in [-0.3, -0.25) is 14.8 Å². The lowest BCUT2D eigenvalue weighted by Crippen LogP contribution is -2.24. The van der Waals surface area contributed by atoms with Crippen molar-refractivity contribution in [3.8, 4) is 11.3 Å². The predicted octanol–water partition coefficient (Wildman–Crippen LogP) is 2.82. The van der Waals surface area contributed by atoms with Crippen LogP contribution in [0.4, 0.5) is 5.82 Å². The number of anilines is 1. The number of benzene rings is 1. The molecular formula is C14H14BrN3O. The van der Waals surface area contributed by atoms with Crippen molar-refractivity contribution in [1.29, 1.82) is 0 Å². The summed E-state index contributed by atoms with van der Waals surface area (Å²) in [5.41, 5.74) is 2.01. The van der Waals surface area contributed by atoms with E-state index < -0.39 is 0 Å². The first-order chi connectivity index (χ1) is 9.28. The molecule has 1 fully saturated rings. The van der Waals surface area contributed by atoms with Crippen LogP contribution in [-0.2, 0) is 4.79 Å². The molecule has 4 nitrogen and oxygen atoms in total. The highest BCUT2D eigenvalue weighted by Crippen LogP contribution is 2.27. The summed E-state index contributed by atoms with van der Waals surface area (Å²) in [7, 11) is 0. The first-order valence-corrected chi connectivity index (χ1v) is 7.37. The Morgan fingerprint density at radius 3 is 2.84 bits per heavy atom. The minimum atomic E-state index is 0.149. The van der Waals surface area contributed by atoms with E-state index in [4.69, 9.17) is 0 Å². The van der Waals surface area contributed by atoms with Crippen molar-refractivity contribution in [1.82, 2.24) is 10.2 Å². The van der Waals surface area contributed by atoms with Crippen LogP contribution in [0.15, 0.2) is 36.4 Å². The molecule has 1 aliphatic heterocycles. The molecule has 0 radical (unpaired) electrons. The van der Waals surface area contributed by atoms with E-state index in [1.54, 1.807) is 4.90 Å². The van der Waals surface area contributed by atoms with Crippen molar-refractivity contribution in [2.75, 3.05) is 16.8 Å². The van der Waals surface area contributed by atoms with Crippen LogP contribution < -0.4 is 4.90 Å². The maximum Gasteiger partial charge on any atom is 0.228 e. The fraction of sp³-hybridized carbons (Fsp3) is 0.286. The molecule has 1 unspecified atom stereocenters. The number of hydrogen-bond donors (Lipinski definition) is 1. The molecule has 1 aliphatic rings. The van der Waals surface area contributed by atoms with E-state index in [0.29, 0.717) is 18.2 Å². The zero-order chi connectivity index (χ0) is 13.2. The second-order valence-electron chi connectivity index (χ2n) is 4.73. The maximum atomic E-state index is 11.9. The minimum Gasteiger partial charge on any atom is -0.295 e. The number of nitrogens with zero attached hydrogens (tertiary/aromatic N) is 2. The molecule has 2 heterocycles. The highest BCUT2D eigenvalue weighted by molar-refractivity contribution is 9.09. The van der Waals surface area contributed by atoms with Gasteiger partial charge in [-0.1, -0.05) is 46.3 Å². The maximum absolute atomic E-state index is 11.9. The molecule has 5 heteroatoms. The van der Waals surface area contributed by atoms with Gasteiger partial charge in [0.05, 0.1) is 5.69 Å². The summed E-state index contributed by atoms with van der Waals surface area (Å²) in [4.78, 5) is 13.7. The quantitative estimate of drug-likeness (QED) is 0.884. The molecular weight excluding hydrogens is 306 g/mol. The molecule has 3 rings (SSSR count). The molecule has 0 bridgehead atoms. The number of carbonyl (C=O) groups is 1. The van der Waals surface area contributed by atoms with Gasteiger partial charge in [0.2, 0.25) is 5.91 Å². The molecule has 98 valence electrons. The van der Waals surface area contributed by atoms with Crippen LogP contribution in [0.25, 0.3) is 11.3 Å². The summed E-state index contributed by atoms with van der Waals surface area (Å²) in [6, 6.07) is 11.9. The predicted molar refractivity (Wildman–Crippen MR) is 78.3 cm³/mol. The summed E-state index contributed by atoms with van der Waals surface area (Å²) in [5, 5.41) is 8.11. The molecule has 1 amide bonds. The van der Waals surface area contributed by atoms with Gasteiger partial charge in [0.1, 0.15) is 0 Å². The highest BCUT2D eigenvalue weighted by atomic mass is 79.9. The monoisotopic (exact) mass is 319 g/mol. The molecule has 1 aromatic carbocycles. The number of aromatic nitrogens is 2. The number of nitrogens with one attached hydrogen (secondary N) is 1. The third-order valence-electron chi connectivity index (χ3n) is 3.35. The van der Waals surface area contributed by atoms with Crippen LogP contribution in [-0.4, -0.2) is 28.0 Å². The molecule has 2 aromatic rings. The smallest absolute Gasteiger partial charge is 0.228 e. The molecule has 0 aliphatic carbocycles. The lowest BCUT2D eigenvalue weighted by molar-refractivity contribution is -0.117. The van der Waals surface area contributed by atoms with Gasteiger partial charge < -0.3 is 0 Å². The molecule has 1 atom stereocenters. The normalized spacial score (nSPS) is 19.1. The van der Waals surface area contributed by atoms with E-state index >= 15 is 0 Å². The number of aromatic amines is 1. The average molecular weight is 320 g/mol. The van der Waals surface area contributed by atoms with E-state index in [0.717, 1.165) is 23.1 Å². The molecule has 0 saturated carbocycles. The number of H-pyrrole nitrogens is 1. The van der Waals surface area contributed by atoms with Crippen molar-refractivity contribution in [3.05, 3.63) is 36.4 Å². The number of rotatable bonds is 3. The van der Waals surface area contributed by atoms with Crippen LogP contribution in [0.2, 0.25) is 0 Å². The standard InChI is InChI=1S/C14H14BrN3O/c15-8-10-6-14(19)18(9-10)13-7-12(16-17-13)11-4-2-1-3-5-11/h1-5,7,10H,6,8-9H2,(H,16,17). The van der Waals surface area contributed by atoms with Crippen molar-refractivity contribution in [3.63, 3.8) is 0 Å². The Hall–Kier alpha value is -1.62. The van der Waals surface area contributed by atoms with E-state index in [1.807, 2.05) is 36.4 Å². The third kappa shape index (κ3) is 2.42. The van der Waals surface area contributed by atoms with Crippen LogP contribution in [0.5, 0.6) is 0 Å². The average Bonchev–Trinajstić information content (AvgIpc) is 3.06. The van der Waals surface area contributed by atoms with Crippen LogP contribution in [0.3, 0.4) is 0 Å². The first kappa shape index (κ1) is 12.4. The third-order valence-corrected chi connectivity index (χ3v) is 4.26. The number of carbonyl (C=O) groups excluding carboxylic acids is 1. The largest absolute Gasteiger partial charge is 0.295 e. The Bertz CT molecular complexity index is 581. The molecule has 0 spiro atoms. The van der Waals surface area contributed by atoms with Crippen molar-refractivity contribution in [2.24, 2.45) is 5.92 Å². The van der Waals surface area contributed by atoms with Crippen LogP contribution in [0.1, 0.15) is 6.42 Å². The summed E-state index contributed by atoms with van der Waals surface area (Å²) in [6.45, 7) is 0.739. The van der Waals surface area contributed by atoms with Gasteiger partial charge in [-0.2, -0.15) is 5.10 Å². The fourth-order valence-corrected chi connectivity index (χ4v) is 2.76. The van der Waals surface area contributed by atoms with Crippen molar-refractivity contribution in [2.45, 2.75) is 6.42 Å². The topological polar surface area (TPSA) is 49.0 Å². The fourth-order valence-electron chi connectivity index (χ4n) is 2.32. The molecule has 1 saturated heterocycles. The lowest BCUT2D eigenvalue weighted by atomic mass is 10.1. The Labute approximate surface area is 119 Å². The molecule has 1 aromatic heterocycles. The summed E-state index contributed by atoms with van der Waals surface area (Å²) < 4.78 is 0. The number of amides is 1. The second kappa shape index (κ2) is 5.17. The summed E-state index contributed by atoms with van der Waals surface area (Å²) in [5.74, 6) is 1.24. The van der Waals surface area contributed by atoms with Gasteiger partial charge in [0.15, 0.2) is 5.82 Å². The lowest BCUT2D eigenvalue weighted by Gasteiger charge is -2.11. The van der Waals surface area contributed by atoms with Crippen LogP contribution >= 0.6 is 15.9 Å². The highest BCUT2D eigenvalue weighted by Gasteiger charge is 2.31. The summed E-state index contributed by atoms with van der Waals surface area (Å²) >= 11 is 3.44. The van der Waals surface area contributed by atoms with Gasteiger partial charge in [-0.15, -0.1) is 0 Å². The van der Waals surface area contributed by atoms with Gasteiger partial charge in [-0.25, -0.2) is 0 Å². The van der Waals surface area contributed by atoms with E-state index in [-0.39, 0.29) is 5.91 Å². The molecule has 1 N–H and O–H groups in total. The van der Waals surface area contributed by atoms with E-state index in [9.17, 15) is 4.79 Å². The van der Waals surface area contributed by atoms with Gasteiger partial charge >= 0.3 is 0 Å². The Balaban J connectivity index is 1.84. The number of halogens is 1. The zero-order valence-electron chi connectivity index (χ0n) is 10.3. The van der Waals surface area contributed by atoms with Gasteiger partial charge in [-0.05, 0) is 11.5 Å². The Morgan fingerprint density at radius 1 is 1.37 bits per heavy atom. The van der Waals surface area contributed by atoms with E-state index in [1.165, 1.54) is 0 Å². The Morgan fingerprint density at radius 2 is 2.16 bits per heavy atom. The van der Waals surface area contributed by atoms with Crippen molar-refractivity contribution >= 4 is 27.7 Å². The second-order valence-corrected chi connectivity index (χ2v) is 5.38. The first-order valence-electron chi connectivity index (χ1n) is 6.25. The minimum absolute atomic E-state index is 0.149. The molecule has 19 heavy (non-hydrogen) atoms. The number of hydrogen-bond acceptors (Lipinski definition) is 2. The van der Waals surface area contributed by atoms with E-state index in [2.05, 4.69) is 26.1 Å². The zero-order valence-corrected chi connectivity index (χ0v) is 11.9. The van der Waals surface area contributed by atoms with Crippen LogP contribution in [0, 0.1) is 5.92 Å². The van der Waals surface area contributed by atoms with Gasteiger partial charge in [0, 0.05) is 24.4 Å². The number of alkyl halides is 1. The Kier molecular flexibility index (Phi) is 3.38. The van der Waals surface area contributed by atoms with Gasteiger partial charge in [0.25, 0.3) is 0 Å². The van der Waals surface area contributed by atoms with Crippen molar-refractivity contribution < 1.29 is 4.79 Å². The summed E-state index contributed by atoms with van der Waals surface area (Å²) in [6.07, 6.45) is 0.596.